The summed E-state index contributed by atoms with van der Waals surface area (Å²) in [6.07, 6.45) is 0. The summed E-state index contributed by atoms with van der Waals surface area (Å²) in [5.74, 6) is -0.189. The van der Waals surface area contributed by atoms with Gasteiger partial charge in [-0.3, -0.25) is 10.1 Å². The molecular weight excluding hydrogens is 260 g/mol. The van der Waals surface area contributed by atoms with Crippen molar-refractivity contribution in [3.63, 3.8) is 0 Å². The minimum atomic E-state index is -0.189. The van der Waals surface area contributed by atoms with E-state index in [-0.39, 0.29) is 12.5 Å². The Labute approximate surface area is 114 Å². The summed E-state index contributed by atoms with van der Waals surface area (Å²) in [6, 6.07) is 12.2. The van der Waals surface area contributed by atoms with E-state index in [2.05, 4.69) is 22.4 Å². The van der Waals surface area contributed by atoms with E-state index in [1.165, 1.54) is 18.4 Å². The highest BCUT2D eigenvalue weighted by atomic mass is 32.1. The fourth-order valence-electron chi connectivity index (χ4n) is 2.00. The number of nitrogens with one attached hydrogen (secondary N) is 1. The van der Waals surface area contributed by atoms with Gasteiger partial charge in [-0.05, 0) is 11.5 Å². The van der Waals surface area contributed by atoms with E-state index < -0.39 is 0 Å². The molecule has 0 fully saturated rings. The van der Waals surface area contributed by atoms with E-state index >= 15 is 0 Å². The number of carbonyl (C=O) groups excluding carboxylic acids is 1. The summed E-state index contributed by atoms with van der Waals surface area (Å²) < 4.78 is 5.85. The van der Waals surface area contributed by atoms with Crippen molar-refractivity contribution in [3.8, 4) is 0 Å². The van der Waals surface area contributed by atoms with E-state index in [1.54, 1.807) is 0 Å². The van der Waals surface area contributed by atoms with Crippen LogP contribution in [0.15, 0.2) is 36.4 Å². The Bertz CT molecular complexity index is 751. The van der Waals surface area contributed by atoms with Gasteiger partial charge in [0.05, 0.1) is 10.2 Å². The lowest BCUT2D eigenvalue weighted by Crippen LogP contribution is -2.16. The summed E-state index contributed by atoms with van der Waals surface area (Å²) in [4.78, 5) is 16.0. The van der Waals surface area contributed by atoms with Crippen molar-refractivity contribution < 1.29 is 9.53 Å². The predicted octanol–water partition coefficient (Wildman–Crippen LogP) is 3.03. The van der Waals surface area contributed by atoms with Crippen molar-refractivity contribution in [1.82, 2.24) is 4.98 Å². The maximum absolute atomic E-state index is 11.5. The van der Waals surface area contributed by atoms with Crippen molar-refractivity contribution in [2.45, 2.75) is 0 Å². The number of thiazole rings is 1. The van der Waals surface area contributed by atoms with Crippen LogP contribution in [-0.4, -0.2) is 24.6 Å². The molecule has 0 spiro atoms. The molecule has 0 radical (unpaired) electrons. The maximum Gasteiger partial charge on any atom is 0.252 e. The molecule has 96 valence electrons. The Morgan fingerprint density at radius 3 is 3.00 bits per heavy atom. The molecule has 1 heterocycles. The highest BCUT2D eigenvalue weighted by molar-refractivity contribution is 7.22. The first-order chi connectivity index (χ1) is 9.28. The first-order valence-corrected chi connectivity index (χ1v) is 6.66. The van der Waals surface area contributed by atoms with Gasteiger partial charge < -0.3 is 4.74 Å². The second kappa shape index (κ2) is 4.95. The average molecular weight is 272 g/mol. The van der Waals surface area contributed by atoms with E-state index in [0.717, 1.165) is 21.0 Å². The SMILES string of the molecule is COCC(=O)Nc1nc2c(ccc3ccccc32)s1. The lowest BCUT2D eigenvalue weighted by molar-refractivity contribution is -0.119. The minimum Gasteiger partial charge on any atom is -0.375 e. The summed E-state index contributed by atoms with van der Waals surface area (Å²) in [5.41, 5.74) is 0.927. The fourth-order valence-corrected chi connectivity index (χ4v) is 2.90. The van der Waals surface area contributed by atoms with E-state index in [1.807, 2.05) is 24.3 Å². The van der Waals surface area contributed by atoms with E-state index in [9.17, 15) is 4.79 Å². The zero-order valence-corrected chi connectivity index (χ0v) is 11.2. The normalized spacial score (nSPS) is 11.0. The summed E-state index contributed by atoms with van der Waals surface area (Å²) in [7, 11) is 1.49. The fraction of sp³-hybridized carbons (Fsp3) is 0.143. The molecule has 0 aliphatic rings. The second-order valence-corrected chi connectivity index (χ2v) is 5.16. The van der Waals surface area contributed by atoms with E-state index in [0.29, 0.717) is 5.13 Å². The Morgan fingerprint density at radius 1 is 1.32 bits per heavy atom. The standard InChI is InChI=1S/C14H12N2O2S/c1-18-8-12(17)15-14-16-13-10-5-3-2-4-9(10)6-7-11(13)19-14/h2-7H,8H2,1H3,(H,15,16,17). The number of benzene rings is 2. The van der Waals surface area contributed by atoms with Crippen LogP contribution in [0.5, 0.6) is 0 Å². The van der Waals surface area contributed by atoms with Gasteiger partial charge in [0.1, 0.15) is 6.61 Å². The zero-order valence-electron chi connectivity index (χ0n) is 10.3. The smallest absolute Gasteiger partial charge is 0.252 e. The molecular formula is C14H12N2O2S. The molecule has 0 aliphatic carbocycles. The Morgan fingerprint density at radius 2 is 2.16 bits per heavy atom. The third kappa shape index (κ3) is 2.30. The lowest BCUT2D eigenvalue weighted by Gasteiger charge is -1.98. The third-order valence-electron chi connectivity index (χ3n) is 2.81. The van der Waals surface area contributed by atoms with Crippen LogP contribution in [0.4, 0.5) is 5.13 Å². The first kappa shape index (κ1) is 12.1. The molecule has 1 N–H and O–H groups in total. The van der Waals surface area contributed by atoms with Crippen LogP contribution in [0.1, 0.15) is 0 Å². The van der Waals surface area contributed by atoms with Gasteiger partial charge >= 0.3 is 0 Å². The monoisotopic (exact) mass is 272 g/mol. The summed E-state index contributed by atoms with van der Waals surface area (Å²) >= 11 is 1.47. The van der Waals surface area contributed by atoms with Gasteiger partial charge in [-0.15, -0.1) is 0 Å². The molecule has 0 saturated heterocycles. The van der Waals surface area contributed by atoms with Gasteiger partial charge in [0, 0.05) is 12.5 Å². The molecule has 0 aliphatic heterocycles. The van der Waals surface area contributed by atoms with Gasteiger partial charge in [0.2, 0.25) is 0 Å². The van der Waals surface area contributed by atoms with Crippen LogP contribution in [0.3, 0.4) is 0 Å². The van der Waals surface area contributed by atoms with Crippen LogP contribution in [0.2, 0.25) is 0 Å². The molecule has 4 nitrogen and oxygen atoms in total. The number of hydrogen-bond donors (Lipinski definition) is 1. The van der Waals surface area contributed by atoms with Gasteiger partial charge in [0.15, 0.2) is 5.13 Å². The molecule has 0 saturated carbocycles. The molecule has 3 rings (SSSR count). The number of aromatic nitrogens is 1. The quantitative estimate of drug-likeness (QED) is 0.797. The van der Waals surface area contributed by atoms with Gasteiger partial charge in [0.25, 0.3) is 5.91 Å². The zero-order chi connectivity index (χ0) is 13.2. The maximum atomic E-state index is 11.5. The highest BCUT2D eigenvalue weighted by Gasteiger charge is 2.09. The topological polar surface area (TPSA) is 51.2 Å². The Kier molecular flexibility index (Phi) is 3.15. The number of methoxy groups -OCH3 is 1. The van der Waals surface area contributed by atoms with Crippen molar-refractivity contribution in [3.05, 3.63) is 36.4 Å². The number of anilines is 1. The van der Waals surface area contributed by atoms with Crippen molar-refractivity contribution in [2.75, 3.05) is 19.0 Å². The first-order valence-electron chi connectivity index (χ1n) is 5.85. The number of nitrogens with zero attached hydrogens (tertiary/aromatic N) is 1. The van der Waals surface area contributed by atoms with Crippen LogP contribution in [0, 0.1) is 0 Å². The molecule has 3 aromatic rings. The van der Waals surface area contributed by atoms with Gasteiger partial charge in [-0.25, -0.2) is 4.98 Å². The minimum absolute atomic E-state index is 0.0384. The number of fused-ring (bicyclic) bond motifs is 3. The Balaban J connectivity index is 2.05. The van der Waals surface area contributed by atoms with Crippen LogP contribution in [0.25, 0.3) is 21.0 Å². The van der Waals surface area contributed by atoms with Crippen molar-refractivity contribution in [2.24, 2.45) is 0 Å². The lowest BCUT2D eigenvalue weighted by atomic mass is 10.1. The molecule has 19 heavy (non-hydrogen) atoms. The molecule has 0 unspecified atom stereocenters. The molecule has 1 amide bonds. The van der Waals surface area contributed by atoms with Crippen molar-refractivity contribution >= 4 is 43.4 Å². The molecule has 0 bridgehead atoms. The average Bonchev–Trinajstić information content (AvgIpc) is 2.81. The van der Waals surface area contributed by atoms with Crippen LogP contribution in [-0.2, 0) is 9.53 Å². The van der Waals surface area contributed by atoms with Gasteiger partial charge in [-0.2, -0.15) is 0 Å². The number of hydrogen-bond acceptors (Lipinski definition) is 4. The van der Waals surface area contributed by atoms with Crippen molar-refractivity contribution in [1.29, 1.82) is 0 Å². The van der Waals surface area contributed by atoms with E-state index in [4.69, 9.17) is 4.74 Å². The molecule has 1 aromatic heterocycles. The number of amides is 1. The van der Waals surface area contributed by atoms with Crippen LogP contribution >= 0.6 is 11.3 Å². The molecule has 2 aromatic carbocycles. The second-order valence-electron chi connectivity index (χ2n) is 4.13. The number of carbonyl (C=O) groups is 1. The predicted molar refractivity (Wildman–Crippen MR) is 77.6 cm³/mol. The Hall–Kier alpha value is -1.98. The van der Waals surface area contributed by atoms with Gasteiger partial charge in [-0.1, -0.05) is 41.7 Å². The number of ether oxygens (including phenoxy) is 1. The largest absolute Gasteiger partial charge is 0.375 e. The third-order valence-corrected chi connectivity index (χ3v) is 3.74. The molecule has 0 atom stereocenters. The highest BCUT2D eigenvalue weighted by Crippen LogP contribution is 2.31. The summed E-state index contributed by atoms with van der Waals surface area (Å²) in [6.45, 7) is 0.0384. The number of rotatable bonds is 3. The summed E-state index contributed by atoms with van der Waals surface area (Å²) in [5, 5.41) is 5.59. The van der Waals surface area contributed by atoms with Crippen LogP contribution < -0.4 is 5.32 Å². The molecule has 5 heteroatoms.